The van der Waals surface area contributed by atoms with Gasteiger partial charge in [0.1, 0.15) is 0 Å². The van der Waals surface area contributed by atoms with Crippen LogP contribution >= 0.6 is 0 Å². The molecule has 4 aliphatic carbocycles. The van der Waals surface area contributed by atoms with Gasteiger partial charge < -0.3 is 0 Å². The van der Waals surface area contributed by atoms with E-state index < -0.39 is 0 Å². The maximum absolute atomic E-state index is 9.20. The van der Waals surface area contributed by atoms with Gasteiger partial charge in [0.05, 0.1) is 6.10 Å². The van der Waals surface area contributed by atoms with Gasteiger partial charge in [0.2, 0.25) is 0 Å². The molecule has 0 amide bonds. The molecule has 4 rings (SSSR count). The molecule has 0 aliphatic heterocycles. The Labute approximate surface area is 179 Å². The van der Waals surface area contributed by atoms with Gasteiger partial charge in [-0.1, -0.05) is 65.5 Å². The predicted octanol–water partition coefficient (Wildman–Crippen LogP) is 7.89. The molecule has 0 saturated heterocycles. The zero-order valence-electron chi connectivity index (χ0n) is 19.8. The third kappa shape index (κ3) is 3.75. The number of allylic oxidation sites excluding steroid dienone is 1. The number of rotatable bonds is 6. The summed E-state index contributed by atoms with van der Waals surface area (Å²) >= 11 is 0. The zero-order chi connectivity index (χ0) is 20.8. The summed E-state index contributed by atoms with van der Waals surface area (Å²) in [6.45, 7) is 12.5. The topological polar surface area (TPSA) is 29.5 Å². The molecule has 3 fully saturated rings. The molecule has 166 valence electrons. The second-order valence-corrected chi connectivity index (χ2v) is 12.3. The van der Waals surface area contributed by atoms with E-state index in [-0.39, 0.29) is 6.10 Å². The van der Waals surface area contributed by atoms with Gasteiger partial charge in [-0.05, 0) is 97.7 Å². The fourth-order valence-electron chi connectivity index (χ4n) is 8.74. The fraction of sp³-hybridized carbons (Fsp3) is 0.926. The summed E-state index contributed by atoms with van der Waals surface area (Å²) in [7, 11) is 0. The van der Waals surface area contributed by atoms with Crippen molar-refractivity contribution in [3.8, 4) is 0 Å². The summed E-state index contributed by atoms with van der Waals surface area (Å²) in [6, 6.07) is 0. The summed E-state index contributed by atoms with van der Waals surface area (Å²) in [6.07, 6.45) is 17.1. The Morgan fingerprint density at radius 3 is 2.55 bits per heavy atom. The summed E-state index contributed by atoms with van der Waals surface area (Å²) in [5.74, 6) is 5.36. The summed E-state index contributed by atoms with van der Waals surface area (Å²) < 4.78 is 0. The van der Waals surface area contributed by atoms with E-state index in [9.17, 15) is 5.26 Å². The Hall–Kier alpha value is -0.340. The van der Waals surface area contributed by atoms with Gasteiger partial charge in [0, 0.05) is 0 Å². The monoisotopic (exact) mass is 402 g/mol. The molecule has 0 radical (unpaired) electrons. The van der Waals surface area contributed by atoms with E-state index in [4.69, 9.17) is 4.89 Å². The maximum atomic E-state index is 9.20. The largest absolute Gasteiger partial charge is 0.252 e. The molecular formula is C27H46O2. The van der Waals surface area contributed by atoms with E-state index in [1.807, 2.05) is 0 Å². The second-order valence-electron chi connectivity index (χ2n) is 12.3. The molecule has 3 saturated carbocycles. The SMILES string of the molecule is CC(C)CCC[C@@H](C)[C@H]1CC[C@H]2[C@@H]3CC=C4C[C@@H](OO)CC[C@]4(C)[C@H]3CC[C@]12C. The number of hydrogen-bond donors (Lipinski definition) is 1. The smallest absolute Gasteiger partial charge is 0.0964 e. The highest BCUT2D eigenvalue weighted by Gasteiger charge is 2.59. The van der Waals surface area contributed by atoms with Crippen molar-refractivity contribution in [3.63, 3.8) is 0 Å². The van der Waals surface area contributed by atoms with Crippen LogP contribution in [0.5, 0.6) is 0 Å². The maximum Gasteiger partial charge on any atom is 0.0964 e. The van der Waals surface area contributed by atoms with Gasteiger partial charge in [-0.15, -0.1) is 0 Å². The van der Waals surface area contributed by atoms with E-state index in [2.05, 4.69) is 40.7 Å². The van der Waals surface area contributed by atoms with Crippen molar-refractivity contribution in [1.29, 1.82) is 0 Å². The average molecular weight is 403 g/mol. The van der Waals surface area contributed by atoms with Gasteiger partial charge in [-0.3, -0.25) is 5.26 Å². The van der Waals surface area contributed by atoms with Crippen molar-refractivity contribution in [2.45, 2.75) is 111 Å². The Bertz CT molecular complexity index is 610. The molecular weight excluding hydrogens is 356 g/mol. The molecule has 8 atom stereocenters. The van der Waals surface area contributed by atoms with E-state index in [1.54, 1.807) is 5.57 Å². The van der Waals surface area contributed by atoms with E-state index >= 15 is 0 Å². The third-order valence-electron chi connectivity index (χ3n) is 10.4. The fourth-order valence-corrected chi connectivity index (χ4v) is 8.74. The van der Waals surface area contributed by atoms with Crippen LogP contribution in [0.1, 0.15) is 105 Å². The highest BCUT2D eigenvalue weighted by Crippen LogP contribution is 2.67. The lowest BCUT2D eigenvalue weighted by Crippen LogP contribution is -2.51. The first-order chi connectivity index (χ1) is 13.8. The van der Waals surface area contributed by atoms with Gasteiger partial charge in [0.15, 0.2) is 0 Å². The minimum absolute atomic E-state index is 0.0299. The molecule has 0 bridgehead atoms. The van der Waals surface area contributed by atoms with Gasteiger partial charge in [-0.2, -0.15) is 0 Å². The van der Waals surface area contributed by atoms with Crippen molar-refractivity contribution in [3.05, 3.63) is 11.6 Å². The lowest BCUT2D eigenvalue weighted by Gasteiger charge is -2.58. The number of fused-ring (bicyclic) bond motifs is 5. The molecule has 29 heavy (non-hydrogen) atoms. The van der Waals surface area contributed by atoms with Crippen LogP contribution in [0, 0.1) is 46.3 Å². The average Bonchev–Trinajstić information content (AvgIpc) is 3.04. The second kappa shape index (κ2) is 8.30. The highest BCUT2D eigenvalue weighted by molar-refractivity contribution is 5.25. The van der Waals surface area contributed by atoms with Crippen LogP contribution in [0.2, 0.25) is 0 Å². The molecule has 0 heterocycles. The van der Waals surface area contributed by atoms with Crippen LogP contribution in [0.25, 0.3) is 0 Å². The lowest BCUT2D eigenvalue weighted by atomic mass is 9.47. The normalized spacial score (nSPS) is 45.3. The molecule has 4 aliphatic rings. The van der Waals surface area contributed by atoms with Crippen LogP contribution in [0.4, 0.5) is 0 Å². The summed E-state index contributed by atoms with van der Waals surface area (Å²) in [4.78, 5) is 4.75. The Balaban J connectivity index is 1.48. The van der Waals surface area contributed by atoms with Gasteiger partial charge in [0.25, 0.3) is 0 Å². The molecule has 0 spiro atoms. The van der Waals surface area contributed by atoms with Gasteiger partial charge >= 0.3 is 0 Å². The standard InChI is InChI=1S/C27H46O2/c1-18(2)7-6-8-19(3)23-11-12-24-22-10-9-20-17-21(29-28)13-15-26(20,4)25(22)14-16-27(23,24)5/h9,18-19,21-25,28H,6-8,10-17H2,1-5H3/t19-,21+,22+,23-,24+,25+,26+,27-/m1/s1. The first-order valence-corrected chi connectivity index (χ1v) is 12.8. The van der Waals surface area contributed by atoms with Crippen LogP contribution in [-0.2, 0) is 4.89 Å². The minimum atomic E-state index is 0.0299. The first kappa shape index (κ1) is 21.9. The van der Waals surface area contributed by atoms with E-state index in [0.717, 1.165) is 48.3 Å². The molecule has 0 aromatic carbocycles. The molecule has 0 aromatic rings. The minimum Gasteiger partial charge on any atom is -0.252 e. The molecule has 0 unspecified atom stereocenters. The highest BCUT2D eigenvalue weighted by atomic mass is 17.1. The number of hydrogen-bond acceptors (Lipinski definition) is 2. The van der Waals surface area contributed by atoms with Crippen molar-refractivity contribution >= 4 is 0 Å². The van der Waals surface area contributed by atoms with Crippen LogP contribution in [-0.4, -0.2) is 11.4 Å². The van der Waals surface area contributed by atoms with Crippen molar-refractivity contribution in [2.75, 3.05) is 0 Å². The Morgan fingerprint density at radius 2 is 1.83 bits per heavy atom. The molecule has 1 N–H and O–H groups in total. The van der Waals surface area contributed by atoms with Crippen LogP contribution in [0.3, 0.4) is 0 Å². The van der Waals surface area contributed by atoms with Crippen molar-refractivity contribution < 1.29 is 10.1 Å². The first-order valence-electron chi connectivity index (χ1n) is 12.8. The van der Waals surface area contributed by atoms with Crippen molar-refractivity contribution in [1.82, 2.24) is 0 Å². The van der Waals surface area contributed by atoms with E-state index in [1.165, 1.54) is 57.8 Å². The predicted molar refractivity (Wildman–Crippen MR) is 121 cm³/mol. The van der Waals surface area contributed by atoms with Crippen LogP contribution in [0.15, 0.2) is 11.6 Å². The summed E-state index contributed by atoms with van der Waals surface area (Å²) in [5.41, 5.74) is 2.54. The molecule has 0 aromatic heterocycles. The molecule has 2 nitrogen and oxygen atoms in total. The van der Waals surface area contributed by atoms with Crippen LogP contribution < -0.4 is 0 Å². The molecule has 2 heteroatoms. The van der Waals surface area contributed by atoms with Gasteiger partial charge in [-0.25, -0.2) is 4.89 Å². The summed E-state index contributed by atoms with van der Waals surface area (Å²) in [5, 5.41) is 9.20. The quantitative estimate of drug-likeness (QED) is 0.278. The lowest BCUT2D eigenvalue weighted by molar-refractivity contribution is -0.284. The van der Waals surface area contributed by atoms with Crippen molar-refractivity contribution in [2.24, 2.45) is 46.3 Å². The zero-order valence-corrected chi connectivity index (χ0v) is 19.8. The Kier molecular flexibility index (Phi) is 6.26. The third-order valence-corrected chi connectivity index (χ3v) is 10.4. The Morgan fingerprint density at radius 1 is 1.03 bits per heavy atom. The van der Waals surface area contributed by atoms with E-state index in [0.29, 0.717) is 10.8 Å².